The van der Waals surface area contributed by atoms with Crippen molar-refractivity contribution in [3.05, 3.63) is 22.2 Å². The van der Waals surface area contributed by atoms with Crippen molar-refractivity contribution in [2.24, 2.45) is 0 Å². The van der Waals surface area contributed by atoms with Gasteiger partial charge in [0.2, 0.25) is 0 Å². The van der Waals surface area contributed by atoms with Gasteiger partial charge in [0.25, 0.3) is 9.05 Å². The van der Waals surface area contributed by atoms with E-state index in [-0.39, 0.29) is 44.8 Å². The van der Waals surface area contributed by atoms with Crippen molar-refractivity contribution in [2.45, 2.75) is 10.4 Å². The zero-order valence-corrected chi connectivity index (χ0v) is 13.3. The van der Waals surface area contributed by atoms with Gasteiger partial charge in [0.05, 0.1) is 21.5 Å². The first kappa shape index (κ1) is 18.0. The van der Waals surface area contributed by atoms with E-state index in [1.165, 1.54) is 0 Å². The molecule has 0 atom stereocenters. The summed E-state index contributed by atoms with van der Waals surface area (Å²) >= 11 is 11.2. The summed E-state index contributed by atoms with van der Waals surface area (Å²) in [5, 5.41) is -0.317. The van der Waals surface area contributed by atoms with Crippen molar-refractivity contribution in [1.29, 1.82) is 0 Å². The summed E-state index contributed by atoms with van der Waals surface area (Å²) in [5.41, 5.74) is -4.35. The molecule has 3 nitrogen and oxygen atoms in total. The standard InChI is InChI=1S/C9H6Cl3F3O3S2/c10-6-3-5(20(12,16)17)4-7(11)8(6)18-1-2-19-9(13,14)15/h3-4H,1-2H2. The van der Waals surface area contributed by atoms with Crippen molar-refractivity contribution < 1.29 is 26.3 Å². The predicted octanol–water partition coefficient (Wildman–Crippen LogP) is 4.55. The summed E-state index contributed by atoms with van der Waals surface area (Å²) in [6, 6.07) is 2.00. The van der Waals surface area contributed by atoms with E-state index in [0.717, 1.165) is 12.1 Å². The Kier molecular flexibility index (Phi) is 6.15. The third kappa shape index (κ3) is 5.77. The van der Waals surface area contributed by atoms with E-state index in [2.05, 4.69) is 0 Å². The van der Waals surface area contributed by atoms with Crippen LogP contribution in [0.3, 0.4) is 0 Å². The third-order valence-corrected chi connectivity index (χ3v) is 4.44. The molecule has 0 radical (unpaired) electrons. The minimum Gasteiger partial charge on any atom is -0.490 e. The van der Waals surface area contributed by atoms with Gasteiger partial charge in [-0.3, -0.25) is 0 Å². The topological polar surface area (TPSA) is 43.4 Å². The first-order valence-electron chi connectivity index (χ1n) is 4.78. The highest BCUT2D eigenvalue weighted by Gasteiger charge is 2.27. The van der Waals surface area contributed by atoms with Gasteiger partial charge in [-0.1, -0.05) is 23.2 Å². The Hall–Kier alpha value is -0.0200. The van der Waals surface area contributed by atoms with Crippen LogP contribution in [0.5, 0.6) is 5.75 Å². The lowest BCUT2D eigenvalue weighted by Crippen LogP contribution is -2.08. The molecule has 0 saturated carbocycles. The molecule has 0 heterocycles. The predicted molar refractivity (Wildman–Crippen MR) is 73.5 cm³/mol. The number of rotatable bonds is 5. The fourth-order valence-electron chi connectivity index (χ4n) is 1.12. The van der Waals surface area contributed by atoms with Gasteiger partial charge < -0.3 is 4.74 Å². The molecule has 1 rings (SSSR count). The average molecular weight is 390 g/mol. The average Bonchev–Trinajstić information content (AvgIpc) is 2.23. The Balaban J connectivity index is 2.78. The van der Waals surface area contributed by atoms with E-state index in [4.69, 9.17) is 38.6 Å². The zero-order valence-electron chi connectivity index (χ0n) is 9.38. The Bertz CT molecular complexity index is 567. The summed E-state index contributed by atoms with van der Waals surface area (Å²) in [6.45, 7) is -0.295. The van der Waals surface area contributed by atoms with Crippen LogP contribution in [-0.2, 0) is 9.05 Å². The lowest BCUT2D eigenvalue weighted by Gasteiger charge is -2.11. The molecule has 11 heteroatoms. The molecule has 20 heavy (non-hydrogen) atoms. The van der Waals surface area contributed by atoms with Gasteiger partial charge >= 0.3 is 5.51 Å². The van der Waals surface area contributed by atoms with Crippen LogP contribution in [0.4, 0.5) is 13.2 Å². The van der Waals surface area contributed by atoms with E-state index >= 15 is 0 Å². The minimum atomic E-state index is -4.35. The van der Waals surface area contributed by atoms with E-state index < -0.39 is 14.6 Å². The van der Waals surface area contributed by atoms with Gasteiger partial charge in [-0.2, -0.15) is 13.2 Å². The van der Waals surface area contributed by atoms with Gasteiger partial charge in [-0.05, 0) is 23.9 Å². The van der Waals surface area contributed by atoms with E-state index in [1.54, 1.807) is 0 Å². The summed E-state index contributed by atoms with van der Waals surface area (Å²) in [4.78, 5) is -0.328. The number of halogens is 6. The Morgan fingerprint density at radius 3 is 2.10 bits per heavy atom. The summed E-state index contributed by atoms with van der Waals surface area (Å²) in [6.07, 6.45) is 0. The number of hydrogen-bond donors (Lipinski definition) is 0. The van der Waals surface area contributed by atoms with Crippen LogP contribution >= 0.6 is 45.6 Å². The van der Waals surface area contributed by atoms with Crippen LogP contribution in [0, 0.1) is 0 Å². The molecule has 0 N–H and O–H groups in total. The molecule has 0 fully saturated rings. The first-order valence-corrected chi connectivity index (χ1v) is 8.83. The van der Waals surface area contributed by atoms with E-state index in [1.807, 2.05) is 0 Å². The number of alkyl halides is 3. The van der Waals surface area contributed by atoms with Crippen LogP contribution in [0.2, 0.25) is 10.0 Å². The molecule has 0 bridgehead atoms. The largest absolute Gasteiger partial charge is 0.490 e. The molecular formula is C9H6Cl3F3O3S2. The van der Waals surface area contributed by atoms with Crippen LogP contribution in [-0.4, -0.2) is 26.3 Å². The normalized spacial score (nSPS) is 12.5. The molecule has 0 spiro atoms. The van der Waals surface area contributed by atoms with Gasteiger partial charge in [0.15, 0.2) is 5.75 Å². The number of ether oxygens (including phenoxy) is 1. The van der Waals surface area contributed by atoms with Crippen molar-refractivity contribution in [3.63, 3.8) is 0 Å². The third-order valence-electron chi connectivity index (χ3n) is 1.85. The number of thioether (sulfide) groups is 1. The maximum absolute atomic E-state index is 11.9. The minimum absolute atomic E-state index is 0.0971. The highest BCUT2D eigenvalue weighted by Crippen LogP contribution is 2.37. The molecule has 1 aromatic rings. The summed E-state index contributed by atoms with van der Waals surface area (Å²) in [7, 11) is 1.10. The van der Waals surface area contributed by atoms with Crippen molar-refractivity contribution >= 4 is 54.7 Å². The highest BCUT2D eigenvalue weighted by atomic mass is 35.7. The van der Waals surface area contributed by atoms with Crippen LogP contribution in [0.25, 0.3) is 0 Å². The molecule has 0 aliphatic heterocycles. The quantitative estimate of drug-likeness (QED) is 0.547. The summed E-state index contributed by atoms with van der Waals surface area (Å²) < 4.78 is 62.9. The molecule has 114 valence electrons. The zero-order chi connectivity index (χ0) is 15.6. The molecular weight excluding hydrogens is 384 g/mol. The monoisotopic (exact) mass is 388 g/mol. The van der Waals surface area contributed by atoms with Crippen molar-refractivity contribution in [1.82, 2.24) is 0 Å². The Labute approximate surface area is 131 Å². The second-order valence-electron chi connectivity index (χ2n) is 3.30. The van der Waals surface area contributed by atoms with Crippen LogP contribution in [0.1, 0.15) is 0 Å². The SMILES string of the molecule is O=S(=O)(Cl)c1cc(Cl)c(OCCSC(F)(F)F)c(Cl)c1. The second kappa shape index (κ2) is 6.83. The molecule has 0 amide bonds. The molecule has 0 aromatic heterocycles. The molecule has 0 unspecified atom stereocenters. The number of benzene rings is 1. The number of hydrogen-bond acceptors (Lipinski definition) is 4. The summed E-state index contributed by atoms with van der Waals surface area (Å²) in [5.74, 6) is -0.453. The van der Waals surface area contributed by atoms with Gasteiger partial charge in [0, 0.05) is 16.4 Å². The van der Waals surface area contributed by atoms with E-state index in [9.17, 15) is 21.6 Å². The molecule has 0 aliphatic rings. The smallest absolute Gasteiger partial charge is 0.441 e. The van der Waals surface area contributed by atoms with Gasteiger partial charge in [-0.15, -0.1) is 0 Å². The first-order chi connectivity index (χ1) is 9.00. The fourth-order valence-corrected chi connectivity index (χ4v) is 3.02. The molecule has 0 saturated heterocycles. The Morgan fingerprint density at radius 2 is 1.70 bits per heavy atom. The molecule has 0 aliphatic carbocycles. The van der Waals surface area contributed by atoms with Crippen LogP contribution in [0.15, 0.2) is 17.0 Å². The maximum atomic E-state index is 11.9. The van der Waals surface area contributed by atoms with E-state index in [0.29, 0.717) is 0 Å². The second-order valence-corrected chi connectivity index (χ2v) is 7.84. The van der Waals surface area contributed by atoms with Gasteiger partial charge in [-0.25, -0.2) is 8.42 Å². The van der Waals surface area contributed by atoms with Gasteiger partial charge in [0.1, 0.15) is 0 Å². The fraction of sp³-hybridized carbons (Fsp3) is 0.333. The van der Waals surface area contributed by atoms with Crippen LogP contribution < -0.4 is 4.74 Å². The molecule has 1 aromatic carbocycles. The highest BCUT2D eigenvalue weighted by molar-refractivity contribution is 8.13. The van der Waals surface area contributed by atoms with Crippen molar-refractivity contribution in [3.8, 4) is 5.75 Å². The lowest BCUT2D eigenvalue weighted by molar-refractivity contribution is -0.0329. The Morgan fingerprint density at radius 1 is 1.20 bits per heavy atom. The van der Waals surface area contributed by atoms with Crippen molar-refractivity contribution in [2.75, 3.05) is 12.4 Å². The lowest BCUT2D eigenvalue weighted by atomic mass is 10.3. The maximum Gasteiger partial charge on any atom is 0.441 e.